The van der Waals surface area contributed by atoms with E-state index in [1.807, 2.05) is 29.6 Å². The Hall–Kier alpha value is -2.64. The summed E-state index contributed by atoms with van der Waals surface area (Å²) in [6.07, 6.45) is 1.31. The Bertz CT molecular complexity index is 881. The minimum absolute atomic E-state index is 0.267. The lowest BCUT2D eigenvalue weighted by atomic mass is 10.2. The number of rotatable bonds is 5. The SMILES string of the molecule is CCN1CCN(c2ccc(NC(=O)c3ncoc3-c3cccs3)cc2)CC1. The molecule has 1 fully saturated rings. The molecular formula is C20H22N4O2S. The van der Waals surface area contributed by atoms with E-state index in [4.69, 9.17) is 4.42 Å². The average Bonchev–Trinajstić information content (AvgIpc) is 3.40. The Morgan fingerprint density at radius 3 is 2.63 bits per heavy atom. The van der Waals surface area contributed by atoms with Gasteiger partial charge in [0.05, 0.1) is 4.88 Å². The van der Waals surface area contributed by atoms with Crippen LogP contribution in [-0.2, 0) is 0 Å². The van der Waals surface area contributed by atoms with Gasteiger partial charge >= 0.3 is 0 Å². The molecule has 0 unspecified atom stereocenters. The average molecular weight is 382 g/mol. The largest absolute Gasteiger partial charge is 0.442 e. The molecule has 1 aromatic carbocycles. The van der Waals surface area contributed by atoms with Crippen LogP contribution in [0.1, 0.15) is 17.4 Å². The third-order valence-corrected chi connectivity index (χ3v) is 5.71. The number of amides is 1. The molecule has 140 valence electrons. The van der Waals surface area contributed by atoms with E-state index in [1.165, 1.54) is 23.4 Å². The van der Waals surface area contributed by atoms with Crippen molar-refractivity contribution in [2.24, 2.45) is 0 Å². The van der Waals surface area contributed by atoms with E-state index in [2.05, 4.69) is 39.2 Å². The first-order valence-corrected chi connectivity index (χ1v) is 9.98. The summed E-state index contributed by atoms with van der Waals surface area (Å²) in [6, 6.07) is 11.8. The molecule has 1 saturated heterocycles. The van der Waals surface area contributed by atoms with Gasteiger partial charge in [0, 0.05) is 37.6 Å². The topological polar surface area (TPSA) is 61.6 Å². The highest BCUT2D eigenvalue weighted by molar-refractivity contribution is 7.13. The van der Waals surface area contributed by atoms with Crippen LogP contribution < -0.4 is 10.2 Å². The molecule has 0 saturated carbocycles. The second-order valence-corrected chi connectivity index (χ2v) is 7.38. The minimum Gasteiger partial charge on any atom is -0.442 e. The fourth-order valence-corrected chi connectivity index (χ4v) is 3.97. The number of carbonyl (C=O) groups excluding carboxylic acids is 1. The van der Waals surface area contributed by atoms with Crippen molar-refractivity contribution in [1.82, 2.24) is 9.88 Å². The Labute approximate surface area is 162 Å². The molecule has 1 amide bonds. The summed E-state index contributed by atoms with van der Waals surface area (Å²) >= 11 is 1.52. The smallest absolute Gasteiger partial charge is 0.278 e. The van der Waals surface area contributed by atoms with E-state index in [0.717, 1.165) is 43.3 Å². The lowest BCUT2D eigenvalue weighted by Crippen LogP contribution is -2.46. The molecule has 3 aromatic rings. The van der Waals surface area contributed by atoms with Gasteiger partial charge in [-0.3, -0.25) is 4.79 Å². The first-order valence-electron chi connectivity index (χ1n) is 9.10. The molecule has 6 nitrogen and oxygen atoms in total. The van der Waals surface area contributed by atoms with Gasteiger partial charge in [0.2, 0.25) is 0 Å². The van der Waals surface area contributed by atoms with Crippen molar-refractivity contribution >= 4 is 28.6 Å². The number of oxazole rings is 1. The zero-order valence-electron chi connectivity index (χ0n) is 15.2. The molecule has 0 atom stereocenters. The number of nitrogens with zero attached hydrogens (tertiary/aromatic N) is 3. The highest BCUT2D eigenvalue weighted by Gasteiger charge is 2.20. The van der Waals surface area contributed by atoms with Crippen LogP contribution in [0.25, 0.3) is 10.6 Å². The van der Waals surface area contributed by atoms with Crippen molar-refractivity contribution in [3.05, 3.63) is 53.9 Å². The fourth-order valence-electron chi connectivity index (χ4n) is 3.26. The number of anilines is 2. The molecule has 1 N–H and O–H groups in total. The number of hydrogen-bond acceptors (Lipinski definition) is 6. The number of aromatic nitrogens is 1. The molecule has 4 rings (SSSR count). The van der Waals surface area contributed by atoms with Gasteiger partial charge in [-0.2, -0.15) is 0 Å². The minimum atomic E-state index is -0.267. The third-order valence-electron chi connectivity index (χ3n) is 4.84. The lowest BCUT2D eigenvalue weighted by molar-refractivity contribution is 0.102. The number of piperazine rings is 1. The van der Waals surface area contributed by atoms with E-state index in [0.29, 0.717) is 11.5 Å². The summed E-state index contributed by atoms with van der Waals surface area (Å²) in [6.45, 7) is 7.55. The Kier molecular flexibility index (Phi) is 5.22. The van der Waals surface area contributed by atoms with Gasteiger partial charge in [0.25, 0.3) is 5.91 Å². The van der Waals surface area contributed by atoms with Crippen LogP contribution in [-0.4, -0.2) is 48.5 Å². The predicted octanol–water partition coefficient (Wildman–Crippen LogP) is 3.80. The summed E-state index contributed by atoms with van der Waals surface area (Å²) in [4.78, 5) is 22.4. The standard InChI is InChI=1S/C20H22N4O2S/c1-2-23-9-11-24(12-10-23)16-7-5-15(6-8-16)22-20(25)18-19(26-14-21-18)17-4-3-13-27-17/h3-8,13-14H,2,9-12H2,1H3,(H,22,25). The molecule has 3 heterocycles. The number of carbonyl (C=O) groups is 1. The van der Waals surface area contributed by atoms with Gasteiger partial charge in [-0.15, -0.1) is 11.3 Å². The summed E-state index contributed by atoms with van der Waals surface area (Å²) in [7, 11) is 0. The summed E-state index contributed by atoms with van der Waals surface area (Å²) in [5.41, 5.74) is 2.23. The summed E-state index contributed by atoms with van der Waals surface area (Å²) < 4.78 is 5.41. The molecule has 0 radical (unpaired) electrons. The number of hydrogen-bond donors (Lipinski definition) is 1. The van der Waals surface area contributed by atoms with Crippen molar-refractivity contribution < 1.29 is 9.21 Å². The molecule has 1 aliphatic heterocycles. The predicted molar refractivity (Wildman–Crippen MR) is 109 cm³/mol. The maximum Gasteiger partial charge on any atom is 0.278 e. The highest BCUT2D eigenvalue weighted by Crippen LogP contribution is 2.28. The first kappa shape index (κ1) is 17.8. The number of benzene rings is 1. The lowest BCUT2D eigenvalue weighted by Gasteiger charge is -2.35. The van der Waals surface area contributed by atoms with Gasteiger partial charge in [-0.25, -0.2) is 4.98 Å². The molecule has 27 heavy (non-hydrogen) atoms. The van der Waals surface area contributed by atoms with Crippen LogP contribution in [0.5, 0.6) is 0 Å². The van der Waals surface area contributed by atoms with Crippen molar-refractivity contribution in [3.8, 4) is 10.6 Å². The van der Waals surface area contributed by atoms with Gasteiger partial charge in [0.15, 0.2) is 17.8 Å². The summed E-state index contributed by atoms with van der Waals surface area (Å²) in [5.74, 6) is 0.240. The molecule has 0 bridgehead atoms. The van der Waals surface area contributed by atoms with Crippen LogP contribution >= 0.6 is 11.3 Å². The number of thiophene rings is 1. The van der Waals surface area contributed by atoms with Gasteiger partial charge < -0.3 is 19.5 Å². The second kappa shape index (κ2) is 7.94. The van der Waals surface area contributed by atoms with Crippen LogP contribution in [0, 0.1) is 0 Å². The van der Waals surface area contributed by atoms with Crippen LogP contribution in [0.3, 0.4) is 0 Å². The normalized spacial score (nSPS) is 15.1. The molecule has 7 heteroatoms. The van der Waals surface area contributed by atoms with Crippen molar-refractivity contribution in [1.29, 1.82) is 0 Å². The van der Waals surface area contributed by atoms with E-state index in [1.54, 1.807) is 0 Å². The quantitative estimate of drug-likeness (QED) is 0.727. The van der Waals surface area contributed by atoms with Crippen LogP contribution in [0.2, 0.25) is 0 Å². The maximum atomic E-state index is 12.6. The zero-order chi connectivity index (χ0) is 18.6. The third kappa shape index (κ3) is 3.89. The summed E-state index contributed by atoms with van der Waals surface area (Å²) in [5, 5.41) is 4.85. The van der Waals surface area contributed by atoms with Gasteiger partial charge in [-0.1, -0.05) is 13.0 Å². The second-order valence-electron chi connectivity index (χ2n) is 6.43. The Morgan fingerprint density at radius 2 is 1.96 bits per heavy atom. The van der Waals surface area contributed by atoms with Crippen LogP contribution in [0.15, 0.2) is 52.6 Å². The van der Waals surface area contributed by atoms with Gasteiger partial charge in [-0.05, 0) is 42.3 Å². The monoisotopic (exact) mass is 382 g/mol. The molecule has 0 spiro atoms. The number of likely N-dealkylation sites (N-methyl/N-ethyl adjacent to an activating group) is 1. The van der Waals surface area contributed by atoms with Crippen molar-refractivity contribution in [3.63, 3.8) is 0 Å². The van der Waals surface area contributed by atoms with E-state index < -0.39 is 0 Å². The maximum absolute atomic E-state index is 12.6. The first-order chi connectivity index (χ1) is 13.2. The van der Waals surface area contributed by atoms with Gasteiger partial charge in [0.1, 0.15) is 0 Å². The van der Waals surface area contributed by atoms with Crippen LogP contribution in [0.4, 0.5) is 11.4 Å². The fraction of sp³-hybridized carbons (Fsp3) is 0.300. The van der Waals surface area contributed by atoms with Crippen molar-refractivity contribution in [2.45, 2.75) is 6.92 Å². The van der Waals surface area contributed by atoms with Crippen molar-refractivity contribution in [2.75, 3.05) is 42.9 Å². The Balaban J connectivity index is 1.42. The van der Waals surface area contributed by atoms with E-state index >= 15 is 0 Å². The molecule has 1 aliphatic rings. The van der Waals surface area contributed by atoms with E-state index in [-0.39, 0.29) is 5.91 Å². The van der Waals surface area contributed by atoms with E-state index in [9.17, 15) is 4.79 Å². The molecule has 2 aromatic heterocycles. The molecule has 0 aliphatic carbocycles. The Morgan fingerprint density at radius 1 is 1.19 bits per heavy atom. The zero-order valence-corrected chi connectivity index (χ0v) is 16.0. The highest BCUT2D eigenvalue weighted by atomic mass is 32.1. The number of nitrogens with one attached hydrogen (secondary N) is 1. The molecular weight excluding hydrogens is 360 g/mol.